The van der Waals surface area contributed by atoms with Crippen molar-refractivity contribution in [2.75, 3.05) is 6.61 Å². The third kappa shape index (κ3) is 4.66. The van der Waals surface area contributed by atoms with Crippen molar-refractivity contribution in [2.45, 2.75) is 49.8 Å². The summed E-state index contributed by atoms with van der Waals surface area (Å²) >= 11 is 0. The van der Waals surface area contributed by atoms with Gasteiger partial charge in [-0.1, -0.05) is 91.0 Å². The first-order valence-electron chi connectivity index (χ1n) is 13.0. The van der Waals surface area contributed by atoms with Crippen LogP contribution < -0.4 is 11.2 Å². The fourth-order valence-electron chi connectivity index (χ4n) is 5.62. The van der Waals surface area contributed by atoms with Gasteiger partial charge in [0.15, 0.2) is 12.0 Å². The predicted molar refractivity (Wildman–Crippen MR) is 144 cm³/mol. The number of H-pyrrole nitrogens is 1. The van der Waals surface area contributed by atoms with Crippen LogP contribution in [0.25, 0.3) is 0 Å². The molecule has 2 fully saturated rings. The minimum atomic E-state index is -0.940. The van der Waals surface area contributed by atoms with Gasteiger partial charge in [0.1, 0.15) is 23.9 Å². The summed E-state index contributed by atoms with van der Waals surface area (Å²) in [4.78, 5) is 26.6. The maximum Gasteiger partial charge on any atom is 0.330 e. The number of rotatable bonds is 7. The minimum absolute atomic E-state index is 0.147. The Morgan fingerprint density at radius 1 is 0.795 bits per heavy atom. The SMILES string of the molecule is CC1(C)O[C@@H]2[C@H](O1)[C@@H](COC(c1ccccc1)(c1ccccc1)c1ccccc1)O[C@H]2n1ccc(=O)[nH]c1=O. The van der Waals surface area contributed by atoms with Gasteiger partial charge in [-0.25, -0.2) is 4.79 Å². The molecule has 8 nitrogen and oxygen atoms in total. The molecule has 0 bridgehead atoms. The Balaban J connectivity index is 1.40. The zero-order valence-electron chi connectivity index (χ0n) is 21.7. The lowest BCUT2D eigenvalue weighted by molar-refractivity contribution is -0.205. The second kappa shape index (κ2) is 10.1. The standard InChI is InChI=1S/C31H30N2O6/c1-30(2)38-26-24(37-28(27(26)39-30)33-19-18-25(34)32-29(33)35)20-36-31(21-12-6-3-7-13-21,22-14-8-4-9-15-22)23-16-10-5-11-17-23/h3-19,24,26-28H,20H2,1-2H3,(H,32,34,35)/t24-,26-,27-,28-/m1/s1. The summed E-state index contributed by atoms with van der Waals surface area (Å²) in [6.45, 7) is 3.81. The van der Waals surface area contributed by atoms with Crippen molar-refractivity contribution in [1.82, 2.24) is 9.55 Å². The number of aromatic amines is 1. The van der Waals surface area contributed by atoms with Crippen LogP contribution in [0.4, 0.5) is 0 Å². The summed E-state index contributed by atoms with van der Waals surface area (Å²) in [5.41, 5.74) is 0.906. The average Bonchev–Trinajstić information content (AvgIpc) is 3.44. The molecule has 8 heteroatoms. The Labute approximate surface area is 225 Å². The van der Waals surface area contributed by atoms with Crippen molar-refractivity contribution in [3.63, 3.8) is 0 Å². The van der Waals surface area contributed by atoms with Crippen molar-refractivity contribution >= 4 is 0 Å². The van der Waals surface area contributed by atoms with E-state index in [2.05, 4.69) is 41.4 Å². The molecule has 0 spiro atoms. The Hall–Kier alpha value is -3.82. The van der Waals surface area contributed by atoms with Crippen LogP contribution in [0, 0.1) is 0 Å². The molecule has 0 aliphatic carbocycles. The molecule has 4 aromatic rings. The van der Waals surface area contributed by atoms with Gasteiger partial charge in [-0.15, -0.1) is 0 Å². The van der Waals surface area contributed by atoms with E-state index in [4.69, 9.17) is 18.9 Å². The summed E-state index contributed by atoms with van der Waals surface area (Å²) in [6, 6.07) is 31.5. The third-order valence-electron chi connectivity index (χ3n) is 7.26. The Bertz CT molecular complexity index is 1440. The Morgan fingerprint density at radius 3 is 1.82 bits per heavy atom. The Kier molecular flexibility index (Phi) is 6.56. The smallest absolute Gasteiger partial charge is 0.330 e. The molecule has 2 aliphatic rings. The Morgan fingerprint density at radius 2 is 1.31 bits per heavy atom. The fraction of sp³-hybridized carbons (Fsp3) is 0.290. The molecular formula is C31H30N2O6. The first kappa shape index (κ1) is 25.5. The summed E-state index contributed by atoms with van der Waals surface area (Å²) < 4.78 is 27.2. The van der Waals surface area contributed by atoms with Crippen molar-refractivity contribution in [1.29, 1.82) is 0 Å². The van der Waals surface area contributed by atoms with Gasteiger partial charge in [0.25, 0.3) is 5.56 Å². The van der Waals surface area contributed by atoms with E-state index < -0.39 is 47.2 Å². The highest BCUT2D eigenvalue weighted by atomic mass is 16.8. The van der Waals surface area contributed by atoms with Crippen LogP contribution in [-0.4, -0.2) is 40.3 Å². The second-order valence-electron chi connectivity index (χ2n) is 10.2. The van der Waals surface area contributed by atoms with Gasteiger partial charge in [0.2, 0.25) is 0 Å². The largest absolute Gasteiger partial charge is 0.358 e. The molecule has 2 saturated heterocycles. The van der Waals surface area contributed by atoms with E-state index in [1.54, 1.807) is 0 Å². The molecular weight excluding hydrogens is 496 g/mol. The first-order chi connectivity index (χ1) is 18.9. The zero-order chi connectivity index (χ0) is 27.0. The molecule has 0 radical (unpaired) electrons. The number of nitrogens with zero attached hydrogens (tertiary/aromatic N) is 1. The van der Waals surface area contributed by atoms with Crippen LogP contribution in [0.15, 0.2) is 113 Å². The lowest BCUT2D eigenvalue weighted by Crippen LogP contribution is -2.39. The van der Waals surface area contributed by atoms with Crippen molar-refractivity contribution < 1.29 is 18.9 Å². The van der Waals surface area contributed by atoms with Crippen molar-refractivity contribution in [3.8, 4) is 0 Å². The summed E-state index contributed by atoms with van der Waals surface area (Å²) in [6.07, 6.45) is -1.01. The zero-order valence-corrected chi connectivity index (χ0v) is 21.7. The highest BCUT2D eigenvalue weighted by molar-refractivity contribution is 5.47. The molecule has 2 aliphatic heterocycles. The number of aromatic nitrogens is 2. The van der Waals surface area contributed by atoms with Gasteiger partial charge in [0, 0.05) is 12.3 Å². The van der Waals surface area contributed by atoms with E-state index in [0.717, 1.165) is 16.7 Å². The van der Waals surface area contributed by atoms with Crippen molar-refractivity contribution in [3.05, 3.63) is 141 Å². The highest BCUT2D eigenvalue weighted by Crippen LogP contribution is 2.45. The molecule has 0 unspecified atom stereocenters. The van der Waals surface area contributed by atoms with E-state index in [9.17, 15) is 9.59 Å². The van der Waals surface area contributed by atoms with Crippen LogP contribution in [-0.2, 0) is 24.5 Å². The van der Waals surface area contributed by atoms with E-state index in [-0.39, 0.29) is 6.61 Å². The molecule has 0 amide bonds. The monoisotopic (exact) mass is 526 g/mol. The summed E-state index contributed by atoms with van der Waals surface area (Å²) in [5.74, 6) is -0.878. The van der Waals surface area contributed by atoms with Gasteiger partial charge in [-0.2, -0.15) is 0 Å². The van der Waals surface area contributed by atoms with Crippen LogP contribution in [0.2, 0.25) is 0 Å². The average molecular weight is 527 g/mol. The molecule has 39 heavy (non-hydrogen) atoms. The number of fused-ring (bicyclic) bond motifs is 1. The van der Waals surface area contributed by atoms with Gasteiger partial charge in [-0.3, -0.25) is 14.3 Å². The van der Waals surface area contributed by atoms with Gasteiger partial charge >= 0.3 is 5.69 Å². The molecule has 0 saturated carbocycles. The van der Waals surface area contributed by atoms with Crippen LogP contribution in [0.3, 0.4) is 0 Å². The second-order valence-corrected chi connectivity index (χ2v) is 10.2. The number of nitrogens with one attached hydrogen (secondary N) is 1. The molecule has 200 valence electrons. The number of hydrogen-bond acceptors (Lipinski definition) is 6. The van der Waals surface area contributed by atoms with Gasteiger partial charge in [0.05, 0.1) is 6.61 Å². The molecule has 1 aromatic heterocycles. The predicted octanol–water partition coefficient (Wildman–Crippen LogP) is 3.96. The quantitative estimate of drug-likeness (QED) is 0.367. The van der Waals surface area contributed by atoms with E-state index in [1.807, 2.05) is 68.4 Å². The molecule has 3 heterocycles. The summed E-state index contributed by atoms with van der Waals surface area (Å²) in [5, 5.41) is 0. The number of hydrogen-bond donors (Lipinski definition) is 1. The normalized spacial score (nSPS) is 23.9. The van der Waals surface area contributed by atoms with Gasteiger partial charge in [-0.05, 0) is 30.5 Å². The molecule has 1 N–H and O–H groups in total. The molecule has 3 aromatic carbocycles. The van der Waals surface area contributed by atoms with Crippen LogP contribution in [0.1, 0.15) is 36.8 Å². The van der Waals surface area contributed by atoms with Crippen molar-refractivity contribution in [2.24, 2.45) is 0 Å². The van der Waals surface area contributed by atoms with E-state index >= 15 is 0 Å². The fourth-order valence-corrected chi connectivity index (χ4v) is 5.62. The first-order valence-corrected chi connectivity index (χ1v) is 13.0. The third-order valence-corrected chi connectivity index (χ3v) is 7.26. The minimum Gasteiger partial charge on any atom is -0.358 e. The maximum atomic E-state index is 12.7. The van der Waals surface area contributed by atoms with Crippen LogP contribution >= 0.6 is 0 Å². The molecule has 6 rings (SSSR count). The van der Waals surface area contributed by atoms with E-state index in [1.165, 1.54) is 16.8 Å². The highest BCUT2D eigenvalue weighted by Gasteiger charge is 2.56. The lowest BCUT2D eigenvalue weighted by atomic mass is 9.80. The maximum absolute atomic E-state index is 12.7. The number of benzene rings is 3. The van der Waals surface area contributed by atoms with E-state index in [0.29, 0.717) is 0 Å². The number of ether oxygens (including phenoxy) is 4. The van der Waals surface area contributed by atoms with Gasteiger partial charge < -0.3 is 18.9 Å². The topological polar surface area (TPSA) is 91.8 Å². The summed E-state index contributed by atoms with van der Waals surface area (Å²) in [7, 11) is 0. The van der Waals surface area contributed by atoms with Crippen LogP contribution in [0.5, 0.6) is 0 Å². The lowest BCUT2D eigenvalue weighted by Gasteiger charge is -2.37. The molecule has 4 atom stereocenters.